The van der Waals surface area contributed by atoms with Gasteiger partial charge in [0.05, 0.1) is 5.60 Å². The van der Waals surface area contributed by atoms with Crippen LogP contribution in [0.2, 0.25) is 5.02 Å². The molecule has 1 aliphatic carbocycles. The van der Waals surface area contributed by atoms with E-state index in [1.807, 2.05) is 24.4 Å². The molecule has 0 bridgehead atoms. The van der Waals surface area contributed by atoms with Gasteiger partial charge in [-0.3, -0.25) is 0 Å². The summed E-state index contributed by atoms with van der Waals surface area (Å²) in [6.07, 6.45) is 7.03. The fourth-order valence-electron chi connectivity index (χ4n) is 5.12. The van der Waals surface area contributed by atoms with E-state index < -0.39 is 6.09 Å². The Morgan fingerprint density at radius 3 is 3.12 bits per heavy atom. The Balaban J connectivity index is 1.13. The number of carbonyl (C=O) groups excluding carboxylic acids is 2. The molecule has 0 saturated carbocycles. The summed E-state index contributed by atoms with van der Waals surface area (Å²) in [5.74, 6) is -0.398. The molecular weight excluding hydrogens is 456 g/mol. The number of ether oxygens (including phenoxy) is 3. The van der Waals surface area contributed by atoms with Crippen molar-refractivity contribution in [1.82, 2.24) is 10.3 Å². The summed E-state index contributed by atoms with van der Waals surface area (Å²) in [5, 5.41) is 4.56. The van der Waals surface area contributed by atoms with E-state index in [0.717, 1.165) is 34.9 Å². The maximum atomic E-state index is 12.3. The number of hydrogen-bond acceptors (Lipinski definition) is 5. The highest BCUT2D eigenvalue weighted by Gasteiger charge is 2.61. The maximum Gasteiger partial charge on any atom is 0.407 e. The zero-order chi connectivity index (χ0) is 23.9. The smallest absolute Gasteiger partial charge is 0.407 e. The molecule has 0 radical (unpaired) electrons. The lowest BCUT2D eigenvalue weighted by atomic mass is 9.84. The van der Waals surface area contributed by atoms with E-state index in [1.165, 1.54) is 0 Å². The van der Waals surface area contributed by atoms with Crippen LogP contribution in [-0.2, 0) is 25.4 Å². The monoisotopic (exact) mass is 484 g/mol. The number of esters is 1. The molecule has 180 valence electrons. The van der Waals surface area contributed by atoms with Gasteiger partial charge in [0.2, 0.25) is 0 Å². The Bertz CT molecular complexity index is 1170. The van der Waals surface area contributed by atoms with Gasteiger partial charge in [0.15, 0.2) is 0 Å². The third-order valence-corrected chi connectivity index (χ3v) is 7.46. The highest BCUT2D eigenvalue weighted by Crippen LogP contribution is 2.49. The zero-order valence-electron chi connectivity index (χ0n) is 19.2. The summed E-state index contributed by atoms with van der Waals surface area (Å²) in [5.41, 5.74) is 3.37. The molecule has 3 aliphatic rings. The average Bonchev–Trinajstić information content (AvgIpc) is 3.18. The second-order valence-electron chi connectivity index (χ2n) is 9.55. The standard InChI is InChI=1S/C26H29ClN2O5/c1-15-19-7-5-16(4-3-10-26(2)23(34-26)22(19)33-24(15)30)14-32-25(31)28-11-9-17-13-29-21-8-6-18(27)12-20(17)21/h4,6,8,12-13,19,22-23,29H,1,3,5,7,9-11,14H2,2H3,(H,28,31)/b16-4+/t19-,22-,23-,26+/m0/s1. The number of alkyl carbamates (subject to hydrolysis) is 1. The largest absolute Gasteiger partial charge is 0.455 e. The van der Waals surface area contributed by atoms with Gasteiger partial charge in [-0.15, -0.1) is 0 Å². The lowest BCUT2D eigenvalue weighted by Gasteiger charge is -2.20. The van der Waals surface area contributed by atoms with Crippen LogP contribution in [0.1, 0.15) is 38.2 Å². The predicted octanol–water partition coefficient (Wildman–Crippen LogP) is 4.85. The Labute approximate surface area is 203 Å². The van der Waals surface area contributed by atoms with E-state index >= 15 is 0 Å². The molecule has 7 nitrogen and oxygen atoms in total. The maximum absolute atomic E-state index is 12.3. The van der Waals surface area contributed by atoms with Gasteiger partial charge in [0, 0.05) is 40.2 Å². The normalized spacial score (nSPS) is 30.1. The molecule has 1 aromatic carbocycles. The Morgan fingerprint density at radius 2 is 2.26 bits per heavy atom. The number of carbonyl (C=O) groups is 2. The van der Waals surface area contributed by atoms with E-state index in [4.69, 9.17) is 25.8 Å². The van der Waals surface area contributed by atoms with Crippen molar-refractivity contribution in [2.24, 2.45) is 5.92 Å². The van der Waals surface area contributed by atoms with Crippen LogP contribution >= 0.6 is 11.6 Å². The number of nitrogens with one attached hydrogen (secondary N) is 2. The zero-order valence-corrected chi connectivity index (χ0v) is 20.0. The summed E-state index contributed by atoms with van der Waals surface area (Å²) in [6, 6.07) is 5.71. The van der Waals surface area contributed by atoms with E-state index in [9.17, 15) is 9.59 Å². The number of aromatic nitrogens is 1. The number of allylic oxidation sites excluding steroid dienone is 1. The summed E-state index contributed by atoms with van der Waals surface area (Å²) < 4.78 is 17.0. The number of aromatic amines is 1. The van der Waals surface area contributed by atoms with Crippen LogP contribution in [-0.4, -0.2) is 48.0 Å². The van der Waals surface area contributed by atoms with Gasteiger partial charge in [0.25, 0.3) is 0 Å². The van der Waals surface area contributed by atoms with Crippen LogP contribution in [0.5, 0.6) is 0 Å². The molecule has 2 saturated heterocycles. The van der Waals surface area contributed by atoms with Crippen LogP contribution in [0.15, 0.2) is 48.2 Å². The van der Waals surface area contributed by atoms with E-state index in [0.29, 0.717) is 36.4 Å². The van der Waals surface area contributed by atoms with Crippen LogP contribution < -0.4 is 5.32 Å². The SMILES string of the molecule is C=C1C(=O)O[C@H]2[C@H]1CC/C(COC(=O)NCCc1c[nH]c3ccc(Cl)cc13)=C\CC[C@@]1(C)O[C@@H]21. The number of epoxide rings is 1. The number of amides is 1. The summed E-state index contributed by atoms with van der Waals surface area (Å²) in [6.45, 7) is 6.68. The highest BCUT2D eigenvalue weighted by atomic mass is 35.5. The van der Waals surface area contributed by atoms with Gasteiger partial charge in [-0.05, 0) is 68.4 Å². The first kappa shape index (κ1) is 23.0. The van der Waals surface area contributed by atoms with E-state index in [1.54, 1.807) is 0 Å². The first-order valence-corrected chi connectivity index (χ1v) is 12.1. The quantitative estimate of drug-likeness (QED) is 0.274. The molecule has 2 aliphatic heterocycles. The second kappa shape index (κ2) is 9.12. The van der Waals surface area contributed by atoms with Gasteiger partial charge in [-0.2, -0.15) is 0 Å². The fraction of sp³-hybridized carbons (Fsp3) is 0.462. The van der Waals surface area contributed by atoms with Crippen LogP contribution in [0, 0.1) is 5.92 Å². The molecule has 1 aromatic heterocycles. The van der Waals surface area contributed by atoms with Gasteiger partial charge in [-0.1, -0.05) is 24.3 Å². The third kappa shape index (κ3) is 4.59. The molecular formula is C26H29ClN2O5. The summed E-state index contributed by atoms with van der Waals surface area (Å²) >= 11 is 6.11. The molecule has 2 fully saturated rings. The number of H-pyrrole nitrogens is 1. The van der Waals surface area contributed by atoms with Crippen molar-refractivity contribution >= 4 is 34.6 Å². The first-order valence-electron chi connectivity index (χ1n) is 11.8. The van der Waals surface area contributed by atoms with Crippen molar-refractivity contribution in [3.8, 4) is 0 Å². The fourth-order valence-corrected chi connectivity index (χ4v) is 5.29. The first-order chi connectivity index (χ1) is 16.3. The third-order valence-electron chi connectivity index (χ3n) is 7.22. The van der Waals surface area contributed by atoms with E-state index in [2.05, 4.69) is 29.9 Å². The molecule has 4 atom stereocenters. The second-order valence-corrected chi connectivity index (χ2v) is 9.99. The minimum Gasteiger partial charge on any atom is -0.455 e. The minimum atomic E-state index is -0.449. The van der Waals surface area contributed by atoms with Crippen LogP contribution in [0.25, 0.3) is 10.9 Å². The Morgan fingerprint density at radius 1 is 1.41 bits per heavy atom. The molecule has 3 heterocycles. The van der Waals surface area contributed by atoms with Crippen molar-refractivity contribution in [2.75, 3.05) is 13.2 Å². The van der Waals surface area contributed by atoms with E-state index in [-0.39, 0.29) is 36.3 Å². The predicted molar refractivity (Wildman–Crippen MR) is 129 cm³/mol. The summed E-state index contributed by atoms with van der Waals surface area (Å²) in [4.78, 5) is 27.6. The van der Waals surface area contributed by atoms with Crippen molar-refractivity contribution in [1.29, 1.82) is 0 Å². The molecule has 34 heavy (non-hydrogen) atoms. The number of fused-ring (bicyclic) bond motifs is 4. The lowest BCUT2D eigenvalue weighted by Crippen LogP contribution is -2.29. The van der Waals surface area contributed by atoms with Crippen LogP contribution in [0.4, 0.5) is 4.79 Å². The highest BCUT2D eigenvalue weighted by molar-refractivity contribution is 6.31. The average molecular weight is 485 g/mol. The number of halogens is 1. The summed E-state index contributed by atoms with van der Waals surface area (Å²) in [7, 11) is 0. The number of benzene rings is 1. The molecule has 0 unspecified atom stereocenters. The van der Waals surface area contributed by atoms with Crippen LogP contribution in [0.3, 0.4) is 0 Å². The van der Waals surface area contributed by atoms with Crippen molar-refractivity contribution in [3.05, 3.63) is 58.8 Å². The lowest BCUT2D eigenvalue weighted by molar-refractivity contribution is -0.140. The van der Waals surface area contributed by atoms with Crippen molar-refractivity contribution in [3.63, 3.8) is 0 Å². The molecule has 1 amide bonds. The van der Waals surface area contributed by atoms with Crippen molar-refractivity contribution < 1.29 is 23.8 Å². The minimum absolute atomic E-state index is 0.0640. The Kier molecular flexibility index (Phi) is 6.16. The van der Waals surface area contributed by atoms with Gasteiger partial charge < -0.3 is 24.5 Å². The number of hydrogen-bond donors (Lipinski definition) is 2. The molecule has 0 spiro atoms. The van der Waals surface area contributed by atoms with Gasteiger partial charge in [0.1, 0.15) is 18.8 Å². The Hall–Kier alpha value is -2.77. The van der Waals surface area contributed by atoms with Crippen molar-refractivity contribution in [2.45, 2.75) is 56.8 Å². The number of rotatable bonds is 5. The molecule has 8 heteroatoms. The van der Waals surface area contributed by atoms with Gasteiger partial charge in [-0.25, -0.2) is 9.59 Å². The topological polar surface area (TPSA) is 92.9 Å². The van der Waals surface area contributed by atoms with Gasteiger partial charge >= 0.3 is 12.1 Å². The molecule has 2 N–H and O–H groups in total. The molecule has 5 rings (SSSR count). The molecule has 2 aromatic rings.